The van der Waals surface area contributed by atoms with Gasteiger partial charge in [-0.25, -0.2) is 4.79 Å². The molecular weight excluding hydrogens is 402 g/mol. The van der Waals surface area contributed by atoms with Crippen molar-refractivity contribution in [1.82, 2.24) is 0 Å². The lowest BCUT2D eigenvalue weighted by atomic mass is 9.99. The molecule has 0 spiro atoms. The van der Waals surface area contributed by atoms with Crippen LogP contribution in [-0.2, 0) is 6.54 Å². The molecule has 3 aromatic carbocycles. The Bertz CT molecular complexity index is 1300. The highest BCUT2D eigenvalue weighted by molar-refractivity contribution is 6.30. The minimum Gasteiger partial charge on any atom is -0.497 e. The van der Waals surface area contributed by atoms with Crippen LogP contribution in [0.1, 0.15) is 5.56 Å². The third-order valence-corrected chi connectivity index (χ3v) is 5.51. The van der Waals surface area contributed by atoms with E-state index in [0.717, 1.165) is 39.3 Å². The Kier molecular flexibility index (Phi) is 4.60. The first kappa shape index (κ1) is 18.6. The number of ether oxygens (including phenoxy) is 2. The molecule has 0 aliphatic carbocycles. The van der Waals surface area contributed by atoms with E-state index < -0.39 is 5.63 Å². The zero-order valence-electron chi connectivity index (χ0n) is 16.2. The number of hydrogen-bond donors (Lipinski definition) is 0. The largest absolute Gasteiger partial charge is 0.497 e. The van der Waals surface area contributed by atoms with Gasteiger partial charge >= 0.3 is 5.63 Å². The minimum absolute atomic E-state index is 0.390. The van der Waals surface area contributed by atoms with Crippen molar-refractivity contribution in [2.75, 3.05) is 18.7 Å². The minimum atomic E-state index is -0.401. The molecule has 1 aliphatic rings. The van der Waals surface area contributed by atoms with Crippen molar-refractivity contribution in [1.29, 1.82) is 0 Å². The summed E-state index contributed by atoms with van der Waals surface area (Å²) in [5.74, 6) is 1.48. The van der Waals surface area contributed by atoms with Gasteiger partial charge in [-0.15, -0.1) is 0 Å². The molecular formula is C24H18ClNO4. The van der Waals surface area contributed by atoms with E-state index in [1.165, 1.54) is 6.07 Å². The number of hydrogen-bond acceptors (Lipinski definition) is 5. The van der Waals surface area contributed by atoms with Gasteiger partial charge in [0.25, 0.3) is 0 Å². The molecule has 1 aliphatic heterocycles. The lowest BCUT2D eigenvalue weighted by Crippen LogP contribution is -2.32. The number of anilines is 1. The third kappa shape index (κ3) is 3.27. The SMILES string of the molecule is COc1ccc(-c2cc(=O)oc3c4c(ccc23)OCN(c2cccc(Cl)c2)C4)cc1. The maximum atomic E-state index is 12.4. The molecule has 0 saturated heterocycles. The smallest absolute Gasteiger partial charge is 0.336 e. The highest BCUT2D eigenvalue weighted by Gasteiger charge is 2.23. The lowest BCUT2D eigenvalue weighted by molar-refractivity contribution is 0.289. The van der Waals surface area contributed by atoms with E-state index in [4.69, 9.17) is 25.5 Å². The third-order valence-electron chi connectivity index (χ3n) is 5.27. The van der Waals surface area contributed by atoms with E-state index in [1.807, 2.05) is 65.6 Å². The number of benzene rings is 3. The fourth-order valence-corrected chi connectivity index (χ4v) is 3.97. The van der Waals surface area contributed by atoms with Crippen LogP contribution in [0.5, 0.6) is 11.5 Å². The molecule has 0 atom stereocenters. The summed E-state index contributed by atoms with van der Waals surface area (Å²) in [6, 6.07) is 20.6. The molecule has 4 aromatic rings. The maximum Gasteiger partial charge on any atom is 0.336 e. The molecule has 0 N–H and O–H groups in total. The topological polar surface area (TPSA) is 51.9 Å². The second kappa shape index (κ2) is 7.43. The van der Waals surface area contributed by atoms with Crippen LogP contribution in [0.2, 0.25) is 5.02 Å². The Labute approximate surface area is 178 Å². The quantitative estimate of drug-likeness (QED) is 0.412. The summed E-state index contributed by atoms with van der Waals surface area (Å²) >= 11 is 6.15. The first-order chi connectivity index (χ1) is 14.6. The normalized spacial score (nSPS) is 13.1. The number of halogens is 1. The lowest BCUT2D eigenvalue weighted by Gasteiger charge is -2.31. The van der Waals surface area contributed by atoms with Gasteiger partial charge in [-0.3, -0.25) is 0 Å². The van der Waals surface area contributed by atoms with E-state index in [0.29, 0.717) is 23.9 Å². The molecule has 5 rings (SSSR count). The standard InChI is InChI=1S/C24H18ClNO4/c1-28-18-7-5-15(6-8-18)20-12-23(27)30-24-19(20)9-10-22-21(24)13-26(14-29-22)17-4-2-3-16(25)11-17/h2-12H,13-14H2,1H3. The highest BCUT2D eigenvalue weighted by Crippen LogP contribution is 2.37. The van der Waals surface area contributed by atoms with Crippen molar-refractivity contribution in [3.63, 3.8) is 0 Å². The van der Waals surface area contributed by atoms with Crippen molar-refractivity contribution >= 4 is 28.3 Å². The van der Waals surface area contributed by atoms with E-state index in [-0.39, 0.29) is 0 Å². The molecule has 30 heavy (non-hydrogen) atoms. The summed E-state index contributed by atoms with van der Waals surface area (Å²) in [4.78, 5) is 14.5. The molecule has 2 heterocycles. The molecule has 0 bridgehead atoms. The summed E-state index contributed by atoms with van der Waals surface area (Å²) in [5, 5.41) is 1.51. The van der Waals surface area contributed by atoms with E-state index in [2.05, 4.69) is 0 Å². The van der Waals surface area contributed by atoms with Crippen LogP contribution in [0.4, 0.5) is 5.69 Å². The molecule has 150 valence electrons. The van der Waals surface area contributed by atoms with Gasteiger partial charge in [0.2, 0.25) is 0 Å². The van der Waals surface area contributed by atoms with Crippen LogP contribution in [0.15, 0.2) is 75.9 Å². The number of nitrogens with zero attached hydrogens (tertiary/aromatic N) is 1. The number of fused-ring (bicyclic) bond motifs is 3. The van der Waals surface area contributed by atoms with E-state index in [1.54, 1.807) is 7.11 Å². The number of methoxy groups -OCH3 is 1. The van der Waals surface area contributed by atoms with Crippen LogP contribution in [0.25, 0.3) is 22.1 Å². The Balaban J connectivity index is 1.64. The van der Waals surface area contributed by atoms with Gasteiger partial charge in [0.05, 0.1) is 19.2 Å². The van der Waals surface area contributed by atoms with Crippen LogP contribution in [-0.4, -0.2) is 13.8 Å². The zero-order valence-corrected chi connectivity index (χ0v) is 17.0. The molecule has 1 aromatic heterocycles. The number of rotatable bonds is 3. The van der Waals surface area contributed by atoms with Gasteiger partial charge in [0.15, 0.2) is 6.73 Å². The van der Waals surface area contributed by atoms with E-state index in [9.17, 15) is 4.79 Å². The van der Waals surface area contributed by atoms with Gasteiger partial charge in [0, 0.05) is 22.2 Å². The summed E-state index contributed by atoms with van der Waals surface area (Å²) in [6.45, 7) is 0.934. The fraction of sp³-hybridized carbons (Fsp3) is 0.125. The van der Waals surface area contributed by atoms with Crippen LogP contribution in [0.3, 0.4) is 0 Å². The van der Waals surface area contributed by atoms with Crippen molar-refractivity contribution < 1.29 is 13.9 Å². The molecule has 0 saturated carbocycles. The molecule has 5 nitrogen and oxygen atoms in total. The summed E-state index contributed by atoms with van der Waals surface area (Å²) in [5.41, 5.74) is 3.65. The van der Waals surface area contributed by atoms with Gasteiger partial charge in [-0.2, -0.15) is 0 Å². The molecule has 0 fully saturated rings. The monoisotopic (exact) mass is 419 g/mol. The molecule has 0 radical (unpaired) electrons. The van der Waals surface area contributed by atoms with Gasteiger partial charge < -0.3 is 18.8 Å². The molecule has 0 amide bonds. The summed E-state index contributed by atoms with van der Waals surface area (Å²) in [6.07, 6.45) is 0. The predicted octanol–water partition coefficient (Wildman–Crippen LogP) is 5.48. The maximum absolute atomic E-state index is 12.4. The average molecular weight is 420 g/mol. The second-order valence-electron chi connectivity index (χ2n) is 7.08. The second-order valence-corrected chi connectivity index (χ2v) is 7.51. The van der Waals surface area contributed by atoms with Gasteiger partial charge in [-0.1, -0.05) is 29.8 Å². The van der Waals surface area contributed by atoms with Crippen molar-refractivity contribution in [2.24, 2.45) is 0 Å². The summed E-state index contributed by atoms with van der Waals surface area (Å²) < 4.78 is 16.9. The Morgan fingerprint density at radius 3 is 2.63 bits per heavy atom. The van der Waals surface area contributed by atoms with Crippen LogP contribution >= 0.6 is 11.6 Å². The van der Waals surface area contributed by atoms with Gasteiger partial charge in [0.1, 0.15) is 17.1 Å². The molecule has 0 unspecified atom stereocenters. The molecule has 6 heteroatoms. The van der Waals surface area contributed by atoms with Crippen molar-refractivity contribution in [3.05, 3.63) is 87.7 Å². The van der Waals surface area contributed by atoms with Crippen LogP contribution < -0.4 is 20.0 Å². The first-order valence-electron chi connectivity index (χ1n) is 9.50. The Morgan fingerprint density at radius 1 is 1.03 bits per heavy atom. The zero-order chi connectivity index (χ0) is 20.7. The Hall–Kier alpha value is -3.44. The van der Waals surface area contributed by atoms with Crippen molar-refractivity contribution in [3.8, 4) is 22.6 Å². The summed E-state index contributed by atoms with van der Waals surface area (Å²) in [7, 11) is 1.62. The predicted molar refractivity (Wildman–Crippen MR) is 118 cm³/mol. The van der Waals surface area contributed by atoms with Crippen molar-refractivity contribution in [2.45, 2.75) is 6.54 Å². The van der Waals surface area contributed by atoms with Gasteiger partial charge in [-0.05, 0) is 53.6 Å². The van der Waals surface area contributed by atoms with E-state index >= 15 is 0 Å². The highest BCUT2D eigenvalue weighted by atomic mass is 35.5. The fourth-order valence-electron chi connectivity index (χ4n) is 3.78. The van der Waals surface area contributed by atoms with Crippen LogP contribution in [0, 0.1) is 0 Å². The average Bonchev–Trinajstić information content (AvgIpc) is 2.78. The Morgan fingerprint density at radius 2 is 1.87 bits per heavy atom. The first-order valence-corrected chi connectivity index (χ1v) is 9.87.